The lowest BCUT2D eigenvalue weighted by atomic mass is 10.1. The molecule has 19 heavy (non-hydrogen) atoms. The summed E-state index contributed by atoms with van der Waals surface area (Å²) in [5.74, 6) is -0.688. The number of pyridine rings is 1. The fraction of sp³-hybridized carbons (Fsp3) is 0.462. The van der Waals surface area contributed by atoms with E-state index in [1.54, 1.807) is 17.0 Å². The number of aromatic carboxylic acids is 1. The second kappa shape index (κ2) is 5.26. The highest BCUT2D eigenvalue weighted by Gasteiger charge is 2.30. The zero-order valence-corrected chi connectivity index (χ0v) is 11.0. The quantitative estimate of drug-likeness (QED) is 0.855. The first-order valence-corrected chi connectivity index (χ1v) is 6.25. The van der Waals surface area contributed by atoms with Gasteiger partial charge < -0.3 is 15.3 Å². The molecule has 1 fully saturated rings. The lowest BCUT2D eigenvalue weighted by Crippen LogP contribution is -2.37. The van der Waals surface area contributed by atoms with E-state index in [1.165, 1.54) is 6.20 Å². The van der Waals surface area contributed by atoms with Crippen LogP contribution >= 0.6 is 0 Å². The average Bonchev–Trinajstić information content (AvgIpc) is 2.69. The summed E-state index contributed by atoms with van der Waals surface area (Å²) in [4.78, 5) is 28.6. The molecule has 0 aromatic carbocycles. The van der Waals surface area contributed by atoms with Gasteiger partial charge in [0, 0.05) is 18.8 Å². The van der Waals surface area contributed by atoms with Crippen LogP contribution in [0, 0.1) is 5.92 Å². The third-order valence-corrected chi connectivity index (χ3v) is 3.30. The number of hydrogen-bond acceptors (Lipinski definition) is 3. The normalized spacial score (nSPS) is 22.3. The molecule has 1 saturated heterocycles. The van der Waals surface area contributed by atoms with Crippen LogP contribution < -0.4 is 5.32 Å². The van der Waals surface area contributed by atoms with Crippen molar-refractivity contribution in [2.24, 2.45) is 5.92 Å². The molecule has 0 radical (unpaired) electrons. The first-order chi connectivity index (χ1) is 8.99. The van der Waals surface area contributed by atoms with Crippen LogP contribution in [0.4, 0.5) is 10.5 Å². The van der Waals surface area contributed by atoms with E-state index in [4.69, 9.17) is 5.11 Å². The minimum absolute atomic E-state index is 0.143. The molecule has 1 aromatic heterocycles. The second-order valence-electron chi connectivity index (χ2n) is 4.98. The molecule has 0 aliphatic carbocycles. The number of aromatic nitrogens is 1. The maximum Gasteiger partial charge on any atom is 0.356 e. The number of nitrogens with zero attached hydrogens (tertiary/aromatic N) is 2. The SMILES string of the molecule is CC1CC(C)N(C(=O)Nc2cccnc2C(=O)O)C1. The molecule has 2 N–H and O–H groups in total. The van der Waals surface area contributed by atoms with Crippen LogP contribution in [-0.2, 0) is 0 Å². The number of carboxylic acid groups (broad SMARTS) is 1. The van der Waals surface area contributed by atoms with Crippen molar-refractivity contribution in [2.45, 2.75) is 26.3 Å². The number of rotatable bonds is 2. The van der Waals surface area contributed by atoms with Gasteiger partial charge in [-0.25, -0.2) is 14.6 Å². The summed E-state index contributed by atoms with van der Waals surface area (Å²) in [5, 5.41) is 11.6. The van der Waals surface area contributed by atoms with E-state index < -0.39 is 5.97 Å². The summed E-state index contributed by atoms with van der Waals surface area (Å²) in [7, 11) is 0. The molecule has 0 saturated carbocycles. The van der Waals surface area contributed by atoms with Gasteiger partial charge in [-0.05, 0) is 31.4 Å². The largest absolute Gasteiger partial charge is 0.476 e. The molecule has 1 aromatic rings. The Hall–Kier alpha value is -2.11. The van der Waals surface area contributed by atoms with Gasteiger partial charge in [-0.1, -0.05) is 6.92 Å². The molecular formula is C13H17N3O3. The molecule has 6 nitrogen and oxygen atoms in total. The number of carbonyl (C=O) groups is 2. The predicted molar refractivity (Wildman–Crippen MR) is 70.2 cm³/mol. The van der Waals surface area contributed by atoms with Crippen LogP contribution in [-0.4, -0.2) is 39.6 Å². The van der Waals surface area contributed by atoms with Gasteiger partial charge in [0.2, 0.25) is 0 Å². The Labute approximate surface area is 111 Å². The molecule has 2 heterocycles. The van der Waals surface area contributed by atoms with E-state index in [0.717, 1.165) is 6.42 Å². The maximum absolute atomic E-state index is 12.1. The Morgan fingerprint density at radius 3 is 2.79 bits per heavy atom. The van der Waals surface area contributed by atoms with E-state index in [2.05, 4.69) is 17.2 Å². The summed E-state index contributed by atoms with van der Waals surface area (Å²) in [6.45, 7) is 4.77. The van der Waals surface area contributed by atoms with E-state index in [1.807, 2.05) is 6.92 Å². The van der Waals surface area contributed by atoms with Gasteiger partial charge in [0.05, 0.1) is 5.69 Å². The van der Waals surface area contributed by atoms with Crippen molar-refractivity contribution in [3.05, 3.63) is 24.0 Å². The van der Waals surface area contributed by atoms with E-state index in [9.17, 15) is 9.59 Å². The van der Waals surface area contributed by atoms with Crippen molar-refractivity contribution in [1.29, 1.82) is 0 Å². The van der Waals surface area contributed by atoms with Crippen LogP contribution in [0.3, 0.4) is 0 Å². The van der Waals surface area contributed by atoms with Crippen LogP contribution in [0.5, 0.6) is 0 Å². The van der Waals surface area contributed by atoms with Crippen molar-refractivity contribution >= 4 is 17.7 Å². The lowest BCUT2D eigenvalue weighted by Gasteiger charge is -2.22. The van der Waals surface area contributed by atoms with Gasteiger partial charge in [0.1, 0.15) is 0 Å². The Kier molecular flexibility index (Phi) is 3.69. The number of carboxylic acids is 1. The van der Waals surface area contributed by atoms with Crippen molar-refractivity contribution in [2.75, 3.05) is 11.9 Å². The van der Waals surface area contributed by atoms with Crippen LogP contribution in [0.2, 0.25) is 0 Å². The Bertz CT molecular complexity index is 504. The summed E-state index contributed by atoms with van der Waals surface area (Å²) < 4.78 is 0. The van der Waals surface area contributed by atoms with Crippen LogP contribution in [0.1, 0.15) is 30.8 Å². The molecule has 2 atom stereocenters. The number of anilines is 1. The lowest BCUT2D eigenvalue weighted by molar-refractivity contribution is 0.0691. The minimum Gasteiger partial charge on any atom is -0.476 e. The number of nitrogens with one attached hydrogen (secondary N) is 1. The molecule has 1 aliphatic rings. The molecule has 2 unspecified atom stereocenters. The summed E-state index contributed by atoms with van der Waals surface area (Å²) in [6.07, 6.45) is 2.35. The highest BCUT2D eigenvalue weighted by molar-refractivity contribution is 5.98. The Balaban J connectivity index is 2.13. The molecular weight excluding hydrogens is 246 g/mol. The summed E-state index contributed by atoms with van der Waals surface area (Å²) in [5.41, 5.74) is 0.0856. The standard InChI is InChI=1S/C13H17N3O3/c1-8-6-9(2)16(7-8)13(19)15-10-4-3-5-14-11(10)12(17)18/h3-5,8-9H,6-7H2,1-2H3,(H,15,19)(H,17,18). The summed E-state index contributed by atoms with van der Waals surface area (Å²) >= 11 is 0. The summed E-state index contributed by atoms with van der Waals surface area (Å²) in [6, 6.07) is 3.03. The van der Waals surface area contributed by atoms with Gasteiger partial charge in [0.25, 0.3) is 0 Å². The number of urea groups is 1. The van der Waals surface area contributed by atoms with Gasteiger partial charge >= 0.3 is 12.0 Å². The van der Waals surface area contributed by atoms with Crippen molar-refractivity contribution in [3.63, 3.8) is 0 Å². The molecule has 2 amide bonds. The molecule has 0 bridgehead atoms. The smallest absolute Gasteiger partial charge is 0.356 e. The monoisotopic (exact) mass is 263 g/mol. The fourth-order valence-corrected chi connectivity index (χ4v) is 2.45. The van der Waals surface area contributed by atoms with Crippen molar-refractivity contribution in [3.8, 4) is 0 Å². The zero-order chi connectivity index (χ0) is 14.0. The highest BCUT2D eigenvalue weighted by atomic mass is 16.4. The predicted octanol–water partition coefficient (Wildman–Crippen LogP) is 2.04. The van der Waals surface area contributed by atoms with Crippen molar-refractivity contribution < 1.29 is 14.7 Å². The molecule has 1 aliphatic heterocycles. The van der Waals surface area contributed by atoms with E-state index in [-0.39, 0.29) is 23.5 Å². The number of likely N-dealkylation sites (tertiary alicyclic amines) is 1. The van der Waals surface area contributed by atoms with Crippen molar-refractivity contribution in [1.82, 2.24) is 9.88 Å². The minimum atomic E-state index is -1.15. The fourth-order valence-electron chi connectivity index (χ4n) is 2.45. The molecule has 6 heteroatoms. The second-order valence-corrected chi connectivity index (χ2v) is 4.98. The first kappa shape index (κ1) is 13.3. The molecule has 102 valence electrons. The maximum atomic E-state index is 12.1. The number of amides is 2. The number of carbonyl (C=O) groups excluding carboxylic acids is 1. The van der Waals surface area contributed by atoms with Crippen LogP contribution in [0.25, 0.3) is 0 Å². The van der Waals surface area contributed by atoms with E-state index in [0.29, 0.717) is 12.5 Å². The topological polar surface area (TPSA) is 82.5 Å². The van der Waals surface area contributed by atoms with Gasteiger partial charge in [-0.15, -0.1) is 0 Å². The third-order valence-electron chi connectivity index (χ3n) is 3.30. The first-order valence-electron chi connectivity index (χ1n) is 6.25. The van der Waals surface area contributed by atoms with E-state index >= 15 is 0 Å². The average molecular weight is 263 g/mol. The highest BCUT2D eigenvalue weighted by Crippen LogP contribution is 2.23. The van der Waals surface area contributed by atoms with Gasteiger partial charge in [0.15, 0.2) is 5.69 Å². The third kappa shape index (κ3) is 2.83. The Morgan fingerprint density at radius 1 is 1.47 bits per heavy atom. The zero-order valence-electron chi connectivity index (χ0n) is 11.0. The van der Waals surface area contributed by atoms with Crippen LogP contribution in [0.15, 0.2) is 18.3 Å². The van der Waals surface area contributed by atoms with Gasteiger partial charge in [-0.3, -0.25) is 0 Å². The molecule has 0 spiro atoms. The number of hydrogen-bond donors (Lipinski definition) is 2. The Morgan fingerprint density at radius 2 is 2.21 bits per heavy atom. The molecule has 2 rings (SSSR count). The van der Waals surface area contributed by atoms with Gasteiger partial charge in [-0.2, -0.15) is 0 Å².